The lowest BCUT2D eigenvalue weighted by molar-refractivity contribution is 0.0981. The van der Waals surface area contributed by atoms with Gasteiger partial charge in [-0.15, -0.1) is 5.10 Å². The molecule has 3 heterocycles. The first-order valence-electron chi connectivity index (χ1n) is 7.04. The van der Waals surface area contributed by atoms with E-state index in [0.717, 1.165) is 5.69 Å². The van der Waals surface area contributed by atoms with Gasteiger partial charge in [0.05, 0.1) is 11.9 Å². The molecule has 1 aromatic carbocycles. The van der Waals surface area contributed by atoms with Crippen molar-refractivity contribution in [3.05, 3.63) is 55.1 Å². The van der Waals surface area contributed by atoms with Crippen molar-refractivity contribution < 1.29 is 9.32 Å². The molecule has 0 saturated heterocycles. The van der Waals surface area contributed by atoms with Crippen molar-refractivity contribution in [2.75, 3.05) is 5.32 Å². The third-order valence-electron chi connectivity index (χ3n) is 3.15. The van der Waals surface area contributed by atoms with Gasteiger partial charge in [-0.1, -0.05) is 5.16 Å². The molecule has 122 valence electrons. The van der Waals surface area contributed by atoms with E-state index in [-0.39, 0.29) is 11.7 Å². The molecule has 0 atom stereocenters. The Kier molecular flexibility index (Phi) is 3.63. The molecule has 1 N–H and O–H groups in total. The predicted octanol–water partition coefficient (Wildman–Crippen LogP) is 0.755. The Labute approximate surface area is 139 Å². The number of nitrogens with one attached hydrogen (secondary N) is 1. The fourth-order valence-corrected chi connectivity index (χ4v) is 2.00. The molecule has 3 aromatic heterocycles. The molecule has 0 spiro atoms. The lowest BCUT2D eigenvalue weighted by Gasteiger charge is -2.03. The summed E-state index contributed by atoms with van der Waals surface area (Å²) in [6.45, 7) is 0. The Morgan fingerprint density at radius 2 is 2.04 bits per heavy atom. The minimum absolute atomic E-state index is 0.176. The molecular weight excluding hydrogens is 326 g/mol. The zero-order valence-electron chi connectivity index (χ0n) is 12.5. The van der Waals surface area contributed by atoms with E-state index in [9.17, 15) is 4.79 Å². The fourth-order valence-electron chi connectivity index (χ4n) is 2.00. The standard InChI is InChI=1S/C14H9N9O2/c24-13(14-19-12(20-25-14)11-7-15-5-6-16-11)18-9-1-3-10(4-2-9)23-8-17-21-22-23/h1-8H,(H,18,24). The second-order valence-electron chi connectivity index (χ2n) is 4.77. The molecule has 0 aliphatic carbocycles. The van der Waals surface area contributed by atoms with Crippen LogP contribution in [0.1, 0.15) is 10.7 Å². The minimum Gasteiger partial charge on any atom is -0.328 e. The largest absolute Gasteiger partial charge is 0.328 e. The molecule has 1 amide bonds. The summed E-state index contributed by atoms with van der Waals surface area (Å²) in [5.74, 6) is -0.518. The molecule has 25 heavy (non-hydrogen) atoms. The number of carbonyl (C=O) groups is 1. The summed E-state index contributed by atoms with van der Waals surface area (Å²) in [4.78, 5) is 24.2. The number of amides is 1. The Balaban J connectivity index is 1.48. The highest BCUT2D eigenvalue weighted by molar-refractivity contribution is 6.01. The van der Waals surface area contributed by atoms with Gasteiger partial charge in [0.25, 0.3) is 0 Å². The molecule has 0 radical (unpaired) electrons. The molecule has 0 fully saturated rings. The van der Waals surface area contributed by atoms with Crippen molar-refractivity contribution in [2.45, 2.75) is 0 Å². The van der Waals surface area contributed by atoms with Gasteiger partial charge in [-0.2, -0.15) is 4.98 Å². The van der Waals surface area contributed by atoms with Gasteiger partial charge < -0.3 is 9.84 Å². The van der Waals surface area contributed by atoms with Crippen LogP contribution in [-0.2, 0) is 0 Å². The van der Waals surface area contributed by atoms with Crippen molar-refractivity contribution in [1.82, 2.24) is 40.3 Å². The number of tetrazole rings is 1. The average molecular weight is 335 g/mol. The topological polar surface area (TPSA) is 137 Å². The van der Waals surface area contributed by atoms with Crippen molar-refractivity contribution in [3.8, 4) is 17.2 Å². The van der Waals surface area contributed by atoms with Crippen LogP contribution >= 0.6 is 0 Å². The Morgan fingerprint density at radius 3 is 2.76 bits per heavy atom. The van der Waals surface area contributed by atoms with E-state index in [1.807, 2.05) is 0 Å². The number of rotatable bonds is 4. The average Bonchev–Trinajstić information content (AvgIpc) is 3.35. The number of benzene rings is 1. The summed E-state index contributed by atoms with van der Waals surface area (Å²) in [7, 11) is 0. The summed E-state index contributed by atoms with van der Waals surface area (Å²) in [5, 5.41) is 17.3. The van der Waals surface area contributed by atoms with Gasteiger partial charge in [-0.3, -0.25) is 9.78 Å². The van der Waals surface area contributed by atoms with Gasteiger partial charge in [-0.25, -0.2) is 9.67 Å². The smallest absolute Gasteiger partial charge is 0.316 e. The first-order chi connectivity index (χ1) is 12.3. The van der Waals surface area contributed by atoms with E-state index in [4.69, 9.17) is 4.52 Å². The quantitative estimate of drug-likeness (QED) is 0.572. The normalized spacial score (nSPS) is 10.6. The predicted molar refractivity (Wildman–Crippen MR) is 82.4 cm³/mol. The monoisotopic (exact) mass is 335 g/mol. The maximum Gasteiger partial charge on any atom is 0.316 e. The Morgan fingerprint density at radius 1 is 1.16 bits per heavy atom. The number of aromatic nitrogens is 8. The van der Waals surface area contributed by atoms with Gasteiger partial charge in [-0.05, 0) is 34.7 Å². The van der Waals surface area contributed by atoms with Crippen molar-refractivity contribution in [2.24, 2.45) is 0 Å². The fraction of sp³-hybridized carbons (Fsp3) is 0. The van der Waals surface area contributed by atoms with E-state index in [2.05, 4.69) is 41.0 Å². The molecule has 0 aliphatic heterocycles. The molecule has 0 bridgehead atoms. The van der Waals surface area contributed by atoms with Crippen LogP contribution in [0.15, 0.2) is 53.7 Å². The highest BCUT2D eigenvalue weighted by Crippen LogP contribution is 2.15. The summed E-state index contributed by atoms with van der Waals surface area (Å²) in [6.07, 6.45) is 5.97. The number of nitrogens with zero attached hydrogens (tertiary/aromatic N) is 8. The summed E-state index contributed by atoms with van der Waals surface area (Å²) < 4.78 is 6.46. The SMILES string of the molecule is O=C(Nc1ccc(-n2cnnn2)cc1)c1nc(-c2cnccn2)no1. The minimum atomic E-state index is -0.530. The van der Waals surface area contributed by atoms with E-state index in [0.29, 0.717) is 11.4 Å². The van der Waals surface area contributed by atoms with Crippen LogP contribution in [0.25, 0.3) is 17.2 Å². The number of hydrogen-bond acceptors (Lipinski definition) is 9. The summed E-state index contributed by atoms with van der Waals surface area (Å²) in [6, 6.07) is 6.92. The van der Waals surface area contributed by atoms with Crippen LogP contribution in [0, 0.1) is 0 Å². The lowest BCUT2D eigenvalue weighted by Crippen LogP contribution is -2.12. The highest BCUT2D eigenvalue weighted by Gasteiger charge is 2.17. The molecular formula is C14H9N9O2. The molecule has 11 nitrogen and oxygen atoms in total. The van der Waals surface area contributed by atoms with Crippen LogP contribution < -0.4 is 5.32 Å². The van der Waals surface area contributed by atoms with Crippen molar-refractivity contribution in [3.63, 3.8) is 0 Å². The molecule has 0 unspecified atom stereocenters. The van der Waals surface area contributed by atoms with E-state index in [1.54, 1.807) is 24.3 Å². The van der Waals surface area contributed by atoms with Crippen LogP contribution in [0.4, 0.5) is 5.69 Å². The summed E-state index contributed by atoms with van der Waals surface area (Å²) in [5.41, 5.74) is 1.72. The maximum atomic E-state index is 12.2. The van der Waals surface area contributed by atoms with Gasteiger partial charge in [0.1, 0.15) is 12.0 Å². The molecule has 11 heteroatoms. The summed E-state index contributed by atoms with van der Waals surface area (Å²) >= 11 is 0. The van der Waals surface area contributed by atoms with E-state index >= 15 is 0 Å². The van der Waals surface area contributed by atoms with Gasteiger partial charge in [0, 0.05) is 18.1 Å². The third-order valence-corrected chi connectivity index (χ3v) is 3.15. The van der Waals surface area contributed by atoms with Crippen LogP contribution in [0.3, 0.4) is 0 Å². The lowest BCUT2D eigenvalue weighted by atomic mass is 10.3. The van der Waals surface area contributed by atoms with Gasteiger partial charge >= 0.3 is 11.8 Å². The highest BCUT2D eigenvalue weighted by atomic mass is 16.5. The van der Waals surface area contributed by atoms with E-state index < -0.39 is 5.91 Å². The van der Waals surface area contributed by atoms with Crippen molar-refractivity contribution >= 4 is 11.6 Å². The molecule has 4 aromatic rings. The van der Waals surface area contributed by atoms with Gasteiger partial charge in [0.15, 0.2) is 0 Å². The molecule has 0 saturated carbocycles. The van der Waals surface area contributed by atoms with Crippen LogP contribution in [0.5, 0.6) is 0 Å². The van der Waals surface area contributed by atoms with Crippen LogP contribution in [0.2, 0.25) is 0 Å². The van der Waals surface area contributed by atoms with Gasteiger partial charge in [0.2, 0.25) is 5.82 Å². The zero-order valence-corrected chi connectivity index (χ0v) is 12.5. The van der Waals surface area contributed by atoms with E-state index in [1.165, 1.54) is 29.6 Å². The second-order valence-corrected chi connectivity index (χ2v) is 4.77. The number of hydrogen-bond donors (Lipinski definition) is 1. The third kappa shape index (κ3) is 3.06. The Hall–Kier alpha value is -4.02. The van der Waals surface area contributed by atoms with Crippen LogP contribution in [-0.4, -0.2) is 46.2 Å². The Bertz CT molecular complexity index is 981. The number of anilines is 1. The first kappa shape index (κ1) is 14.6. The second kappa shape index (κ2) is 6.23. The molecule has 4 rings (SSSR count). The maximum absolute atomic E-state index is 12.2. The number of carbonyl (C=O) groups excluding carboxylic acids is 1. The molecule has 0 aliphatic rings. The zero-order chi connectivity index (χ0) is 17.1. The van der Waals surface area contributed by atoms with Crippen molar-refractivity contribution in [1.29, 1.82) is 0 Å². The first-order valence-corrected chi connectivity index (χ1v) is 7.04.